The molecule has 7 nitrogen and oxygen atoms in total. The number of hydrogen-bond acceptors (Lipinski definition) is 6. The lowest BCUT2D eigenvalue weighted by atomic mass is 9.85. The molecule has 2 aromatic carbocycles. The van der Waals surface area contributed by atoms with Gasteiger partial charge in [-0.2, -0.15) is 13.5 Å². The van der Waals surface area contributed by atoms with Crippen molar-refractivity contribution in [1.29, 1.82) is 0 Å². The first-order valence-corrected chi connectivity index (χ1v) is 12.3. The van der Waals surface area contributed by atoms with Crippen LogP contribution in [0.15, 0.2) is 53.4 Å². The van der Waals surface area contributed by atoms with E-state index in [-0.39, 0.29) is 16.8 Å². The van der Waals surface area contributed by atoms with E-state index in [1.807, 2.05) is 6.07 Å². The minimum Gasteiger partial charge on any atom is -0.351 e. The Morgan fingerprint density at radius 3 is 2.60 bits per heavy atom. The van der Waals surface area contributed by atoms with E-state index in [0.29, 0.717) is 22.5 Å². The Hall–Kier alpha value is -2.36. The third kappa shape index (κ3) is 4.38. The third-order valence-electron chi connectivity index (χ3n) is 5.65. The van der Waals surface area contributed by atoms with E-state index in [1.165, 1.54) is 6.07 Å². The fraction of sp³-hybridized carbons (Fsp3) is 0.381. The summed E-state index contributed by atoms with van der Waals surface area (Å²) in [5.41, 5.74) is 1.41. The highest BCUT2D eigenvalue weighted by Gasteiger charge is 2.31. The molecule has 0 saturated heterocycles. The van der Waals surface area contributed by atoms with Crippen LogP contribution in [0, 0.1) is 5.92 Å². The fourth-order valence-corrected chi connectivity index (χ4v) is 5.88. The van der Waals surface area contributed by atoms with Crippen molar-refractivity contribution in [2.75, 3.05) is 0 Å². The number of sulfonamides is 1. The number of nitrogens with zero attached hydrogens (tertiary/aromatic N) is 2. The normalized spacial score (nSPS) is 20.7. The zero-order valence-electron chi connectivity index (χ0n) is 16.6. The average Bonchev–Trinajstić information content (AvgIpc) is 3.23. The molecule has 1 heterocycles. The van der Waals surface area contributed by atoms with Gasteiger partial charge in [0.05, 0.1) is 11.7 Å². The summed E-state index contributed by atoms with van der Waals surface area (Å²) in [6, 6.07) is 12.7. The average molecular weight is 445 g/mol. The Balaban J connectivity index is 1.65. The quantitative estimate of drug-likeness (QED) is 0.607. The second kappa shape index (κ2) is 8.79. The van der Waals surface area contributed by atoms with Crippen LogP contribution < -0.4 is 10.0 Å². The van der Waals surface area contributed by atoms with Crippen LogP contribution in [0.4, 0.5) is 0 Å². The number of nitrogens with one attached hydrogen (secondary N) is 2. The first-order chi connectivity index (χ1) is 14.5. The largest absolute Gasteiger partial charge is 0.351 e. The monoisotopic (exact) mass is 444 g/mol. The van der Waals surface area contributed by atoms with Crippen LogP contribution in [0.5, 0.6) is 0 Å². The molecule has 30 heavy (non-hydrogen) atoms. The maximum absolute atomic E-state index is 13.2. The first kappa shape index (κ1) is 20.9. The number of amides is 1. The van der Waals surface area contributed by atoms with E-state index >= 15 is 0 Å². The predicted octanol–water partition coefficient (Wildman–Crippen LogP) is 3.41. The van der Waals surface area contributed by atoms with Crippen LogP contribution in [0.25, 0.3) is 11.0 Å². The Morgan fingerprint density at radius 2 is 1.83 bits per heavy atom. The SMILES string of the molecule is C[C@@H]1CCCC[C@@H]1NC(=O)[C@H](NS(=O)(=O)c1cccc2nsnc12)c1ccccc1. The zero-order chi connectivity index (χ0) is 21.1. The Bertz CT molecular complexity index is 1130. The number of carbonyl (C=O) groups excluding carboxylic acids is 1. The Morgan fingerprint density at radius 1 is 1.07 bits per heavy atom. The predicted molar refractivity (Wildman–Crippen MR) is 116 cm³/mol. The van der Waals surface area contributed by atoms with Gasteiger partial charge in [0.2, 0.25) is 15.9 Å². The van der Waals surface area contributed by atoms with Gasteiger partial charge < -0.3 is 5.32 Å². The molecule has 3 atom stereocenters. The second-order valence-electron chi connectivity index (χ2n) is 7.73. The maximum Gasteiger partial charge on any atom is 0.243 e. The van der Waals surface area contributed by atoms with Gasteiger partial charge in [0.1, 0.15) is 22.0 Å². The lowest BCUT2D eigenvalue weighted by Gasteiger charge is -2.31. The molecule has 0 unspecified atom stereocenters. The maximum atomic E-state index is 13.2. The molecular weight excluding hydrogens is 420 g/mol. The Labute approximate surface area is 180 Å². The lowest BCUT2D eigenvalue weighted by Crippen LogP contribution is -2.47. The number of rotatable bonds is 6. The molecule has 0 bridgehead atoms. The summed E-state index contributed by atoms with van der Waals surface area (Å²) in [4.78, 5) is 13.2. The standard InChI is InChI=1S/C21H24N4O3S2/c1-14-8-5-6-11-16(14)22-21(26)19(15-9-3-2-4-10-15)25-30(27,28)18-13-7-12-17-20(18)24-29-23-17/h2-4,7,9-10,12-14,16,19,25H,5-6,8,11H2,1H3,(H,22,26)/t14-,16+,19-/m1/s1. The summed E-state index contributed by atoms with van der Waals surface area (Å²) in [5.74, 6) is 0.0256. The van der Waals surface area contributed by atoms with E-state index in [4.69, 9.17) is 0 Å². The highest BCUT2D eigenvalue weighted by molar-refractivity contribution is 7.89. The van der Waals surface area contributed by atoms with Gasteiger partial charge in [-0.1, -0.05) is 56.2 Å². The highest BCUT2D eigenvalue weighted by atomic mass is 32.2. The van der Waals surface area contributed by atoms with Crippen molar-refractivity contribution in [3.63, 3.8) is 0 Å². The summed E-state index contributed by atoms with van der Waals surface area (Å²) in [5, 5.41) is 3.08. The molecule has 1 aliphatic carbocycles. The van der Waals surface area contributed by atoms with Gasteiger partial charge in [0.25, 0.3) is 0 Å². The van der Waals surface area contributed by atoms with Crippen LogP contribution >= 0.6 is 11.7 Å². The van der Waals surface area contributed by atoms with Gasteiger partial charge in [-0.25, -0.2) is 8.42 Å². The van der Waals surface area contributed by atoms with E-state index in [1.54, 1.807) is 36.4 Å². The molecule has 9 heteroatoms. The molecule has 1 aromatic heterocycles. The molecule has 1 fully saturated rings. The summed E-state index contributed by atoms with van der Waals surface area (Å²) < 4.78 is 37.3. The molecule has 4 rings (SSSR count). The third-order valence-corrected chi connectivity index (χ3v) is 7.64. The number of hydrogen-bond donors (Lipinski definition) is 2. The van der Waals surface area contributed by atoms with Crippen LogP contribution in [-0.2, 0) is 14.8 Å². The number of aromatic nitrogens is 2. The summed E-state index contributed by atoms with van der Waals surface area (Å²) in [6.45, 7) is 2.13. The van der Waals surface area contributed by atoms with Crippen LogP contribution in [0.3, 0.4) is 0 Å². The van der Waals surface area contributed by atoms with Crippen molar-refractivity contribution in [2.45, 2.75) is 49.6 Å². The number of benzene rings is 2. The van der Waals surface area contributed by atoms with E-state index < -0.39 is 16.1 Å². The minimum atomic E-state index is -4.01. The second-order valence-corrected chi connectivity index (χ2v) is 9.94. The van der Waals surface area contributed by atoms with Gasteiger partial charge >= 0.3 is 0 Å². The molecule has 1 saturated carbocycles. The van der Waals surface area contributed by atoms with Crippen molar-refractivity contribution >= 4 is 38.7 Å². The van der Waals surface area contributed by atoms with E-state index in [0.717, 1.165) is 37.4 Å². The number of carbonyl (C=O) groups is 1. The van der Waals surface area contributed by atoms with Crippen molar-refractivity contribution in [2.24, 2.45) is 5.92 Å². The zero-order valence-corrected chi connectivity index (χ0v) is 18.2. The minimum absolute atomic E-state index is 0.0218. The lowest BCUT2D eigenvalue weighted by molar-refractivity contribution is -0.124. The molecular formula is C21H24N4O3S2. The van der Waals surface area contributed by atoms with Gasteiger partial charge in [0.15, 0.2) is 0 Å². The molecule has 0 radical (unpaired) electrons. The van der Waals surface area contributed by atoms with Gasteiger partial charge in [-0.05, 0) is 36.5 Å². The van der Waals surface area contributed by atoms with Gasteiger partial charge in [-0.3, -0.25) is 4.79 Å². The summed E-state index contributed by atoms with van der Waals surface area (Å²) in [7, 11) is -4.01. The molecule has 0 aliphatic heterocycles. The highest BCUT2D eigenvalue weighted by Crippen LogP contribution is 2.26. The molecule has 3 aromatic rings. The van der Waals surface area contributed by atoms with Crippen molar-refractivity contribution < 1.29 is 13.2 Å². The summed E-state index contributed by atoms with van der Waals surface area (Å²) in [6.07, 6.45) is 4.19. The Kier molecular flexibility index (Phi) is 6.12. The van der Waals surface area contributed by atoms with Crippen LogP contribution in [-0.4, -0.2) is 29.1 Å². The van der Waals surface area contributed by atoms with E-state index in [2.05, 4.69) is 25.7 Å². The first-order valence-electron chi connectivity index (χ1n) is 10.0. The molecule has 2 N–H and O–H groups in total. The van der Waals surface area contributed by atoms with Gasteiger partial charge in [-0.15, -0.1) is 0 Å². The summed E-state index contributed by atoms with van der Waals surface area (Å²) >= 11 is 0.957. The van der Waals surface area contributed by atoms with Crippen molar-refractivity contribution in [3.05, 3.63) is 54.1 Å². The molecule has 0 spiro atoms. The molecule has 158 valence electrons. The fourth-order valence-electron chi connectivity index (χ4n) is 3.93. The van der Waals surface area contributed by atoms with E-state index in [9.17, 15) is 13.2 Å². The topological polar surface area (TPSA) is 101 Å². The van der Waals surface area contributed by atoms with Gasteiger partial charge in [0, 0.05) is 6.04 Å². The smallest absolute Gasteiger partial charge is 0.243 e. The van der Waals surface area contributed by atoms with Crippen LogP contribution in [0.2, 0.25) is 0 Å². The van der Waals surface area contributed by atoms with Crippen molar-refractivity contribution in [1.82, 2.24) is 18.8 Å². The number of fused-ring (bicyclic) bond motifs is 1. The molecule has 1 aliphatic rings. The van der Waals surface area contributed by atoms with Crippen molar-refractivity contribution in [3.8, 4) is 0 Å². The molecule has 1 amide bonds. The van der Waals surface area contributed by atoms with Crippen LogP contribution in [0.1, 0.15) is 44.2 Å².